The molecule has 0 spiro atoms. The molecule has 41 heavy (non-hydrogen) atoms. The molecule has 2 N–H and O–H groups in total. The van der Waals surface area contributed by atoms with Crippen LogP contribution in [0.4, 0.5) is 4.39 Å². The van der Waals surface area contributed by atoms with Crippen molar-refractivity contribution in [3.63, 3.8) is 0 Å². The van der Waals surface area contributed by atoms with Crippen LogP contribution in [0.2, 0.25) is 10.0 Å². The number of fused-ring (bicyclic) bond motifs is 1. The summed E-state index contributed by atoms with van der Waals surface area (Å²) in [5.41, 5.74) is -2.27. The third kappa shape index (κ3) is 5.13. The summed E-state index contributed by atoms with van der Waals surface area (Å²) in [6.45, 7) is 2.57. The first-order chi connectivity index (χ1) is 19.5. The van der Waals surface area contributed by atoms with Gasteiger partial charge < -0.3 is 19.7 Å². The lowest BCUT2D eigenvalue weighted by atomic mass is 9.77. The monoisotopic (exact) mass is 601 g/mol. The Labute approximate surface area is 247 Å². The van der Waals surface area contributed by atoms with Gasteiger partial charge in [0.2, 0.25) is 0 Å². The predicted octanol–water partition coefficient (Wildman–Crippen LogP) is 6.29. The van der Waals surface area contributed by atoms with Crippen LogP contribution in [0.1, 0.15) is 64.8 Å². The smallest absolute Gasteiger partial charge is 0.305 e. The third-order valence-corrected chi connectivity index (χ3v) is 8.79. The number of aliphatic carboxylic acids is 1. The van der Waals surface area contributed by atoms with Crippen LogP contribution in [0.3, 0.4) is 0 Å². The Hall–Kier alpha value is -3.01. The summed E-state index contributed by atoms with van der Waals surface area (Å²) >= 11 is 12.3. The third-order valence-electron chi connectivity index (χ3n) is 8.28. The molecule has 5 rings (SSSR count). The number of halogens is 3. The molecular formula is C31H30Cl2FNO6. The van der Waals surface area contributed by atoms with E-state index < -0.39 is 41.5 Å². The molecule has 3 aromatic carbocycles. The number of methoxy groups -OCH3 is 1. The maximum absolute atomic E-state index is 16.5. The Balaban J connectivity index is 1.75. The van der Waals surface area contributed by atoms with Crippen LogP contribution in [-0.2, 0) is 25.6 Å². The molecule has 1 amide bonds. The fourth-order valence-electron chi connectivity index (χ4n) is 6.15. The lowest BCUT2D eigenvalue weighted by Gasteiger charge is -2.42. The van der Waals surface area contributed by atoms with Gasteiger partial charge in [-0.15, -0.1) is 0 Å². The molecule has 3 atom stereocenters. The van der Waals surface area contributed by atoms with Crippen molar-refractivity contribution in [2.24, 2.45) is 5.92 Å². The van der Waals surface area contributed by atoms with E-state index in [2.05, 4.69) is 0 Å². The van der Waals surface area contributed by atoms with Crippen molar-refractivity contribution in [2.75, 3.05) is 20.3 Å². The van der Waals surface area contributed by atoms with Gasteiger partial charge in [0.05, 0.1) is 29.2 Å². The first-order valence-corrected chi connectivity index (χ1v) is 14.0. The number of nitrogens with zero attached hydrogens (tertiary/aromatic N) is 1. The molecule has 2 heterocycles. The molecular weight excluding hydrogens is 572 g/mol. The lowest BCUT2D eigenvalue weighted by molar-refractivity contribution is -0.142. The van der Waals surface area contributed by atoms with Gasteiger partial charge in [-0.3, -0.25) is 14.5 Å². The Morgan fingerprint density at radius 1 is 1.12 bits per heavy atom. The predicted molar refractivity (Wildman–Crippen MR) is 151 cm³/mol. The van der Waals surface area contributed by atoms with E-state index in [4.69, 9.17) is 32.7 Å². The average molecular weight is 602 g/mol. The zero-order chi connectivity index (χ0) is 29.5. The van der Waals surface area contributed by atoms with Crippen LogP contribution in [0.15, 0.2) is 60.7 Å². The van der Waals surface area contributed by atoms with Crippen LogP contribution in [0.25, 0.3) is 0 Å². The Kier molecular flexibility index (Phi) is 8.16. The van der Waals surface area contributed by atoms with E-state index in [0.717, 1.165) is 0 Å². The molecule has 0 bridgehead atoms. The van der Waals surface area contributed by atoms with Gasteiger partial charge in [-0.05, 0) is 73.2 Å². The second-order valence-electron chi connectivity index (χ2n) is 10.6. The van der Waals surface area contributed by atoms with Gasteiger partial charge in [-0.25, -0.2) is 4.39 Å². The molecule has 216 valence electrons. The molecule has 0 saturated carbocycles. The molecule has 3 aromatic rings. The number of carboxylic acids is 1. The minimum atomic E-state index is -1.84. The molecule has 0 aromatic heterocycles. The van der Waals surface area contributed by atoms with Gasteiger partial charge in [0.25, 0.3) is 5.91 Å². The summed E-state index contributed by atoms with van der Waals surface area (Å²) < 4.78 is 28.0. The van der Waals surface area contributed by atoms with Crippen molar-refractivity contribution in [3.8, 4) is 0 Å². The van der Waals surface area contributed by atoms with Crippen LogP contribution in [0.5, 0.6) is 0 Å². The maximum atomic E-state index is 16.5. The number of carboxylic acid groups (broad SMARTS) is 1. The number of ether oxygens (including phenoxy) is 2. The number of hydrogen-bond donors (Lipinski definition) is 2. The Morgan fingerprint density at radius 3 is 2.27 bits per heavy atom. The van der Waals surface area contributed by atoms with Crippen molar-refractivity contribution in [1.29, 1.82) is 0 Å². The van der Waals surface area contributed by atoms with Gasteiger partial charge >= 0.3 is 5.97 Å². The van der Waals surface area contributed by atoms with E-state index in [1.807, 2.05) is 0 Å². The zero-order valence-corrected chi connectivity index (χ0v) is 24.1. The first-order valence-electron chi connectivity index (χ1n) is 13.3. The molecule has 0 unspecified atom stereocenters. The largest absolute Gasteiger partial charge is 0.481 e. The van der Waals surface area contributed by atoms with E-state index in [9.17, 15) is 19.8 Å². The number of aliphatic hydroxyl groups is 1. The molecule has 2 aliphatic rings. The quantitative estimate of drug-likeness (QED) is 0.315. The SMILES string of the molecule is CO[C@]1(c2ccc(Cl)cc2)c2c(F)cc([C@](C)(O)C3CCOCC3)cc2C(=O)N1[C@@H](CC(=O)O)c1ccc(Cl)cc1. The highest BCUT2D eigenvalue weighted by Gasteiger charge is 2.57. The van der Waals surface area contributed by atoms with Gasteiger partial charge in [0.1, 0.15) is 5.82 Å². The minimum Gasteiger partial charge on any atom is -0.481 e. The fraction of sp³-hybridized carbons (Fsp3) is 0.355. The van der Waals surface area contributed by atoms with E-state index in [-0.39, 0.29) is 22.6 Å². The molecule has 0 aliphatic carbocycles. The average Bonchev–Trinajstić information content (AvgIpc) is 3.22. The number of amides is 1. The summed E-state index contributed by atoms with van der Waals surface area (Å²) in [7, 11) is 1.34. The van der Waals surface area contributed by atoms with Gasteiger partial charge in [0, 0.05) is 35.9 Å². The summed E-state index contributed by atoms with van der Waals surface area (Å²) in [5.74, 6) is -2.78. The lowest BCUT2D eigenvalue weighted by Crippen LogP contribution is -2.49. The summed E-state index contributed by atoms with van der Waals surface area (Å²) in [5, 5.41) is 22.4. The van der Waals surface area contributed by atoms with Crippen molar-refractivity contribution in [3.05, 3.63) is 104 Å². The normalized spacial score (nSPS) is 21.4. The van der Waals surface area contributed by atoms with Crippen molar-refractivity contribution >= 4 is 35.1 Å². The van der Waals surface area contributed by atoms with Gasteiger partial charge in [-0.1, -0.05) is 47.5 Å². The number of carbonyl (C=O) groups is 2. The molecule has 1 fully saturated rings. The molecule has 2 aliphatic heterocycles. The first kappa shape index (κ1) is 29.5. The van der Waals surface area contributed by atoms with Crippen LogP contribution >= 0.6 is 23.2 Å². The van der Waals surface area contributed by atoms with Crippen LogP contribution in [0, 0.1) is 11.7 Å². The van der Waals surface area contributed by atoms with Crippen molar-refractivity contribution in [2.45, 2.75) is 43.6 Å². The van der Waals surface area contributed by atoms with Gasteiger partial charge in [0.15, 0.2) is 5.72 Å². The summed E-state index contributed by atoms with van der Waals surface area (Å²) in [6, 6.07) is 14.5. The number of carbonyl (C=O) groups excluding carboxylic acids is 1. The maximum Gasteiger partial charge on any atom is 0.305 e. The van der Waals surface area contributed by atoms with E-state index in [1.54, 1.807) is 55.5 Å². The molecule has 7 nitrogen and oxygen atoms in total. The summed E-state index contributed by atoms with van der Waals surface area (Å²) in [4.78, 5) is 27.8. The van der Waals surface area contributed by atoms with Crippen molar-refractivity contribution < 1.29 is 33.7 Å². The van der Waals surface area contributed by atoms with Crippen LogP contribution < -0.4 is 0 Å². The highest BCUT2D eigenvalue weighted by atomic mass is 35.5. The van der Waals surface area contributed by atoms with Crippen molar-refractivity contribution in [1.82, 2.24) is 4.90 Å². The number of rotatable bonds is 8. The second kappa shape index (κ2) is 11.3. The number of hydrogen-bond acceptors (Lipinski definition) is 5. The molecule has 1 saturated heterocycles. The van der Waals surface area contributed by atoms with Gasteiger partial charge in [-0.2, -0.15) is 0 Å². The molecule has 0 radical (unpaired) electrons. The highest BCUT2D eigenvalue weighted by molar-refractivity contribution is 6.30. The zero-order valence-electron chi connectivity index (χ0n) is 22.6. The Morgan fingerprint density at radius 2 is 1.71 bits per heavy atom. The standard InChI is InChI=1S/C31H30Cl2FNO6/c1-30(39,19-11-13-41-14-12-19)21-15-24-28(25(34)16-21)31(40-2,20-5-9-23(33)10-6-20)35(29(24)38)26(17-27(36)37)18-3-7-22(32)8-4-18/h3-10,15-16,19,26,39H,11-14,17H2,1-2H3,(H,36,37)/t26-,30+,31+/m0/s1. The fourth-order valence-corrected chi connectivity index (χ4v) is 6.40. The van der Waals surface area contributed by atoms with E-state index in [1.165, 1.54) is 24.1 Å². The summed E-state index contributed by atoms with van der Waals surface area (Å²) in [6.07, 6.45) is 0.667. The Bertz CT molecular complexity index is 1460. The number of benzene rings is 3. The van der Waals surface area contributed by atoms with E-state index in [0.29, 0.717) is 47.2 Å². The van der Waals surface area contributed by atoms with Crippen LogP contribution in [-0.4, -0.2) is 47.3 Å². The minimum absolute atomic E-state index is 0.0199. The van der Waals surface area contributed by atoms with E-state index >= 15 is 4.39 Å². The second-order valence-corrected chi connectivity index (χ2v) is 11.5. The molecule has 10 heteroatoms. The topological polar surface area (TPSA) is 96.3 Å². The highest BCUT2D eigenvalue weighted by Crippen LogP contribution is 2.52.